The van der Waals surface area contributed by atoms with Crippen molar-refractivity contribution >= 4 is 51.6 Å². The number of thiocarbonyl (C=S) groups is 1. The van der Waals surface area contributed by atoms with Gasteiger partial charge in [0.15, 0.2) is 5.11 Å². The molecular formula is C64H84N7O11S+. The Morgan fingerprint density at radius 3 is 1.92 bits per heavy atom. The first-order chi connectivity index (χ1) is 40.5. The predicted molar refractivity (Wildman–Crippen MR) is 330 cm³/mol. The van der Waals surface area contributed by atoms with Gasteiger partial charge in [-0.3, -0.25) is 4.79 Å². The normalized spacial score (nSPS) is 15.1. The van der Waals surface area contributed by atoms with Gasteiger partial charge in [0.2, 0.25) is 11.3 Å². The second kappa shape index (κ2) is 33.2. The highest BCUT2D eigenvalue weighted by Gasteiger charge is 2.39. The van der Waals surface area contributed by atoms with Crippen molar-refractivity contribution in [2.75, 3.05) is 157 Å². The molecule has 83 heavy (non-hydrogen) atoms. The maximum atomic E-state index is 12.8. The number of anilines is 2. The van der Waals surface area contributed by atoms with E-state index in [1.54, 1.807) is 6.07 Å². The van der Waals surface area contributed by atoms with E-state index in [4.69, 9.17) is 49.8 Å². The van der Waals surface area contributed by atoms with Crippen LogP contribution in [-0.2, 0) is 44.4 Å². The van der Waals surface area contributed by atoms with Gasteiger partial charge in [-0.1, -0.05) is 54.6 Å². The molecule has 1 amide bonds. The number of ether oxygens (including phenoxy) is 7. The molecule has 2 heterocycles. The predicted octanol–water partition coefficient (Wildman–Crippen LogP) is 7.02. The SMILES string of the molecule is CN(C)c1ccc2c(-c3ccc(NC(=S)NCCOCCOCCOCCOCCOCCOCCOCCNC(=O)CCc4cccc(-c5ccc([C@@H]6C[C@H]6NC6CCNCC6)cc5)c4)cc3C(=O)O)c3ccc(=[N+](C)C)cc-3oc2c1. The zero-order valence-electron chi connectivity index (χ0n) is 48.6. The van der Waals surface area contributed by atoms with Crippen LogP contribution in [0, 0.1) is 0 Å². The van der Waals surface area contributed by atoms with Crippen molar-refractivity contribution in [2.24, 2.45) is 0 Å². The van der Waals surface area contributed by atoms with Gasteiger partial charge in [0.05, 0.1) is 104 Å². The fourth-order valence-corrected chi connectivity index (χ4v) is 10.3. The Balaban J connectivity index is 0.576. The Hall–Kier alpha value is -6.36. The van der Waals surface area contributed by atoms with E-state index >= 15 is 0 Å². The van der Waals surface area contributed by atoms with E-state index in [2.05, 4.69) is 75.1 Å². The minimum absolute atomic E-state index is 0.0132. The molecule has 1 saturated heterocycles. The average molecular weight is 1160 g/mol. The van der Waals surface area contributed by atoms with Gasteiger partial charge in [-0.25, -0.2) is 9.37 Å². The summed E-state index contributed by atoms with van der Waals surface area (Å²) in [4.78, 5) is 27.3. The lowest BCUT2D eigenvalue weighted by Gasteiger charge is -2.24. The van der Waals surface area contributed by atoms with Crippen molar-refractivity contribution in [3.63, 3.8) is 0 Å². The number of carboxylic acids is 1. The van der Waals surface area contributed by atoms with Gasteiger partial charge in [0.1, 0.15) is 25.4 Å². The van der Waals surface area contributed by atoms with E-state index in [-0.39, 0.29) is 11.5 Å². The third kappa shape index (κ3) is 19.9. The van der Waals surface area contributed by atoms with Crippen molar-refractivity contribution in [3.05, 3.63) is 125 Å². The summed E-state index contributed by atoms with van der Waals surface area (Å²) >= 11 is 5.52. The zero-order valence-corrected chi connectivity index (χ0v) is 49.5. The number of hydrogen-bond acceptors (Lipinski definition) is 14. The van der Waals surface area contributed by atoms with E-state index in [9.17, 15) is 14.7 Å². The number of carboxylic acid groups (broad SMARTS) is 1. The second-order valence-corrected chi connectivity index (χ2v) is 21.6. The molecule has 18 nitrogen and oxygen atoms in total. The highest BCUT2D eigenvalue weighted by atomic mass is 32.1. The van der Waals surface area contributed by atoms with E-state index in [1.807, 2.05) is 86.2 Å². The van der Waals surface area contributed by atoms with E-state index in [0.29, 0.717) is 164 Å². The third-order valence-corrected chi connectivity index (χ3v) is 14.9. The van der Waals surface area contributed by atoms with Crippen molar-refractivity contribution in [1.29, 1.82) is 0 Å². The Bertz CT molecular complexity index is 3060. The van der Waals surface area contributed by atoms with Crippen LogP contribution < -0.4 is 41.4 Å². The van der Waals surface area contributed by atoms with Crippen LogP contribution in [0.15, 0.2) is 108 Å². The lowest BCUT2D eigenvalue weighted by molar-refractivity contribution is -0.121. The summed E-state index contributed by atoms with van der Waals surface area (Å²) in [6.07, 6.45) is 4.77. The number of carbonyl (C=O) groups excluding carboxylic acids is 1. The molecule has 446 valence electrons. The minimum Gasteiger partial charge on any atom is -0.478 e. The van der Waals surface area contributed by atoms with Crippen LogP contribution in [0.2, 0.25) is 0 Å². The molecule has 4 aromatic carbocycles. The van der Waals surface area contributed by atoms with Crippen LogP contribution in [0.3, 0.4) is 0 Å². The second-order valence-electron chi connectivity index (χ2n) is 21.2. The molecule has 2 aliphatic heterocycles. The molecule has 2 atom stereocenters. The van der Waals surface area contributed by atoms with Crippen molar-refractivity contribution in [2.45, 2.75) is 50.1 Å². The molecule has 0 aromatic heterocycles. The summed E-state index contributed by atoms with van der Waals surface area (Å²) in [7, 11) is 7.86. The first-order valence-corrected chi connectivity index (χ1v) is 29.5. The average Bonchev–Trinajstić information content (AvgIpc) is 4.43. The lowest BCUT2D eigenvalue weighted by atomic mass is 9.90. The Morgan fingerprint density at radius 2 is 1.30 bits per heavy atom. The molecule has 1 saturated carbocycles. The molecule has 8 rings (SSSR count). The quantitative estimate of drug-likeness (QED) is 0.0103. The standard InChI is InChI=1S/C64H83N7O11S/c1-70(2)51-14-17-54-59(42-51)82-60-43-52(71(3)4)15-18-55(60)62(54)53-16-13-50(41-57(53)63(73)74)69-64(83)67-25-27-76-29-31-78-33-35-80-37-39-81-38-36-79-34-32-77-30-28-75-26-24-66-61(72)19-8-45-6-5-7-48(40-45)46-9-11-47(12-10-46)56-44-58(56)68-49-20-22-65-23-21-49/h5-7,9-18,40-43,49,56,58,65,68H,8,19-39,44H2,1-4H3,(H3,66,67,72,73,74,83)/p+1/t56-,58+/m0/s1. The summed E-state index contributed by atoms with van der Waals surface area (Å²) in [5, 5.41) is 29.1. The number of rotatable bonds is 35. The van der Waals surface area contributed by atoms with Crippen molar-refractivity contribution in [3.8, 4) is 33.6 Å². The van der Waals surface area contributed by atoms with Crippen molar-refractivity contribution in [1.82, 2.24) is 25.8 Å². The van der Waals surface area contributed by atoms with Gasteiger partial charge < -0.3 is 74.2 Å². The van der Waals surface area contributed by atoms with Crippen molar-refractivity contribution < 1.29 is 52.3 Å². The van der Waals surface area contributed by atoms with Crippen LogP contribution in [-0.4, -0.2) is 181 Å². The smallest absolute Gasteiger partial charge is 0.336 e. The van der Waals surface area contributed by atoms with Crippen LogP contribution in [0.4, 0.5) is 11.4 Å². The van der Waals surface area contributed by atoms with Gasteiger partial charge in [0, 0.05) is 91.6 Å². The summed E-state index contributed by atoms with van der Waals surface area (Å²) in [5.41, 5.74) is 9.37. The number of aromatic carboxylic acids is 1. The maximum absolute atomic E-state index is 12.8. The number of hydrogen-bond donors (Lipinski definition) is 6. The third-order valence-electron chi connectivity index (χ3n) is 14.7. The van der Waals surface area contributed by atoms with Gasteiger partial charge in [-0.2, -0.15) is 0 Å². The number of nitrogens with one attached hydrogen (secondary N) is 5. The number of fused-ring (bicyclic) bond motifs is 2. The highest BCUT2D eigenvalue weighted by molar-refractivity contribution is 7.80. The summed E-state index contributed by atoms with van der Waals surface area (Å²) in [6, 6.07) is 35.9. The first-order valence-electron chi connectivity index (χ1n) is 29.1. The molecule has 0 bridgehead atoms. The molecule has 0 unspecified atom stereocenters. The highest BCUT2D eigenvalue weighted by Crippen LogP contribution is 2.43. The number of piperidine rings is 1. The lowest BCUT2D eigenvalue weighted by Crippen LogP contribution is -2.41. The first kappa shape index (κ1) is 62.7. The summed E-state index contributed by atoms with van der Waals surface area (Å²) in [5.74, 6) is 0.219. The molecule has 2 aliphatic carbocycles. The van der Waals surface area contributed by atoms with Crippen LogP contribution in [0.5, 0.6) is 0 Å². The fraction of sp³-hybridized carbons (Fsp3) is 0.469. The Morgan fingerprint density at radius 1 is 0.687 bits per heavy atom. The zero-order chi connectivity index (χ0) is 58.2. The van der Waals surface area contributed by atoms with Crippen LogP contribution in [0.25, 0.3) is 44.5 Å². The topological polar surface area (TPSA) is 199 Å². The van der Waals surface area contributed by atoms with E-state index < -0.39 is 5.97 Å². The number of amides is 1. The Kier molecular flexibility index (Phi) is 25.1. The molecular weight excluding hydrogens is 1070 g/mol. The molecule has 0 spiro atoms. The summed E-state index contributed by atoms with van der Waals surface area (Å²) in [6.45, 7) is 9.26. The Labute approximate surface area is 493 Å². The van der Waals surface area contributed by atoms with Crippen LogP contribution in [0.1, 0.15) is 53.1 Å². The summed E-state index contributed by atoms with van der Waals surface area (Å²) < 4.78 is 47.7. The van der Waals surface area contributed by atoms with Gasteiger partial charge in [0.25, 0.3) is 0 Å². The van der Waals surface area contributed by atoms with E-state index in [1.165, 1.54) is 36.0 Å². The number of benzene rings is 5. The molecule has 0 radical (unpaired) electrons. The molecule has 4 aromatic rings. The van der Waals surface area contributed by atoms with Gasteiger partial charge >= 0.3 is 5.97 Å². The molecule has 19 heteroatoms. The molecule has 2 fully saturated rings. The monoisotopic (exact) mass is 1160 g/mol. The number of aryl methyl sites for hydroxylation is 1. The van der Waals surface area contributed by atoms with E-state index in [0.717, 1.165) is 46.2 Å². The van der Waals surface area contributed by atoms with Crippen LogP contribution >= 0.6 is 12.2 Å². The maximum Gasteiger partial charge on any atom is 0.336 e. The largest absolute Gasteiger partial charge is 0.478 e. The van der Waals surface area contributed by atoms with Gasteiger partial charge in [-0.05, 0) is 109 Å². The molecule has 4 aliphatic rings. The number of carbonyl (C=O) groups is 2. The molecule has 6 N–H and O–H groups in total. The minimum atomic E-state index is -1.06. The van der Waals surface area contributed by atoms with Gasteiger partial charge in [-0.15, -0.1) is 0 Å². The number of nitrogens with zero attached hydrogens (tertiary/aromatic N) is 2. The fourth-order valence-electron chi connectivity index (χ4n) is 10.0.